The number of hydrogen-bond acceptors (Lipinski definition) is 4. The minimum Gasteiger partial charge on any atom is -0.347 e. The van der Waals surface area contributed by atoms with Crippen LogP contribution in [0.3, 0.4) is 0 Å². The van der Waals surface area contributed by atoms with Gasteiger partial charge in [-0.1, -0.05) is 15.9 Å². The fourth-order valence-electron chi connectivity index (χ4n) is 1.52. The summed E-state index contributed by atoms with van der Waals surface area (Å²) < 4.78 is 23.9. The molecule has 0 unspecified atom stereocenters. The van der Waals surface area contributed by atoms with Crippen molar-refractivity contribution in [3.05, 3.63) is 49.7 Å². The summed E-state index contributed by atoms with van der Waals surface area (Å²) in [4.78, 5) is 12.8. The molecular weight excluding hydrogens is 466 g/mol. The molecule has 0 saturated heterocycles. The second-order valence-electron chi connectivity index (χ2n) is 3.97. The average Bonchev–Trinajstić information content (AvgIpc) is 2.87. The van der Waals surface area contributed by atoms with E-state index in [-0.39, 0.29) is 16.7 Å². The van der Waals surface area contributed by atoms with Crippen LogP contribution in [0.2, 0.25) is 0 Å². The Morgan fingerprint density at radius 2 is 1.95 bits per heavy atom. The van der Waals surface area contributed by atoms with Crippen LogP contribution in [0.5, 0.6) is 0 Å². The Hall–Kier alpha value is -0.410. The molecule has 0 atom stereocenters. The maximum atomic E-state index is 12.1. The maximum Gasteiger partial charge on any atom is 0.270 e. The Morgan fingerprint density at radius 1 is 1.24 bits per heavy atom. The monoisotopic (exact) mass is 471 g/mol. The molecule has 2 aromatic rings. The smallest absolute Gasteiger partial charge is 0.270 e. The van der Waals surface area contributed by atoms with Crippen LogP contribution in [0.1, 0.15) is 15.2 Å². The van der Waals surface area contributed by atoms with E-state index in [2.05, 4.69) is 37.2 Å². The first-order chi connectivity index (χ1) is 9.77. The van der Waals surface area contributed by atoms with Gasteiger partial charge in [0, 0.05) is 24.5 Å². The molecule has 0 aliphatic rings. The molecule has 0 aliphatic heterocycles. The standard InChI is InChI=1S/C12H8Br2ClNO3S2/c13-7-1-3-10(14)9(5-7)12(17)16-6-8-2-4-11(20-8)21(15,18)19/h1-5H,6H2,(H,16,17). The summed E-state index contributed by atoms with van der Waals surface area (Å²) in [6.07, 6.45) is 0. The molecule has 0 radical (unpaired) electrons. The molecule has 0 bridgehead atoms. The predicted octanol–water partition coefficient (Wildman–Crippen LogP) is 4.13. The Bertz CT molecular complexity index is 790. The molecule has 1 aromatic carbocycles. The number of hydrogen-bond donors (Lipinski definition) is 1. The lowest BCUT2D eigenvalue weighted by atomic mass is 10.2. The van der Waals surface area contributed by atoms with Gasteiger partial charge in [0.25, 0.3) is 15.0 Å². The number of halogens is 3. The zero-order valence-corrected chi connectivity index (χ0v) is 15.8. The molecule has 0 fully saturated rings. The lowest BCUT2D eigenvalue weighted by molar-refractivity contribution is 0.0950. The van der Waals surface area contributed by atoms with Gasteiger partial charge >= 0.3 is 0 Å². The van der Waals surface area contributed by atoms with Crippen LogP contribution < -0.4 is 5.32 Å². The van der Waals surface area contributed by atoms with Gasteiger partial charge < -0.3 is 5.32 Å². The Labute approximate surface area is 147 Å². The van der Waals surface area contributed by atoms with Gasteiger partial charge in [0.05, 0.1) is 12.1 Å². The lowest BCUT2D eigenvalue weighted by Crippen LogP contribution is -2.22. The first-order valence-corrected chi connectivity index (χ1v) is 10.2. The van der Waals surface area contributed by atoms with Gasteiger partial charge in [0.2, 0.25) is 0 Å². The third-order valence-corrected chi connectivity index (χ3v) is 6.84. The summed E-state index contributed by atoms with van der Waals surface area (Å²) in [5.41, 5.74) is 0.492. The predicted molar refractivity (Wildman–Crippen MR) is 90.4 cm³/mol. The Kier molecular flexibility index (Phi) is 5.48. The number of carbonyl (C=O) groups excluding carboxylic acids is 1. The molecular formula is C12H8Br2ClNO3S2. The number of amides is 1. The minimum absolute atomic E-state index is 0.0667. The van der Waals surface area contributed by atoms with Gasteiger partial charge in [-0.15, -0.1) is 11.3 Å². The van der Waals surface area contributed by atoms with E-state index >= 15 is 0 Å². The summed E-state index contributed by atoms with van der Waals surface area (Å²) in [6, 6.07) is 8.32. The first kappa shape index (κ1) is 17.0. The van der Waals surface area contributed by atoms with E-state index in [1.165, 1.54) is 6.07 Å². The third kappa shape index (κ3) is 4.53. The lowest BCUT2D eigenvalue weighted by Gasteiger charge is -2.06. The molecule has 1 aromatic heterocycles. The Balaban J connectivity index is 2.08. The van der Waals surface area contributed by atoms with E-state index in [9.17, 15) is 13.2 Å². The van der Waals surface area contributed by atoms with Gasteiger partial charge in [0.15, 0.2) is 0 Å². The van der Waals surface area contributed by atoms with Crippen molar-refractivity contribution < 1.29 is 13.2 Å². The molecule has 4 nitrogen and oxygen atoms in total. The van der Waals surface area contributed by atoms with Crippen molar-refractivity contribution in [1.29, 1.82) is 0 Å². The number of nitrogens with one attached hydrogen (secondary N) is 1. The number of thiophene rings is 1. The summed E-state index contributed by atoms with van der Waals surface area (Å²) >= 11 is 7.65. The normalized spacial score (nSPS) is 11.4. The van der Waals surface area contributed by atoms with E-state index in [0.29, 0.717) is 14.9 Å². The van der Waals surface area contributed by atoms with Gasteiger partial charge in [0.1, 0.15) is 4.21 Å². The van der Waals surface area contributed by atoms with Gasteiger partial charge in [-0.05, 0) is 46.3 Å². The molecule has 0 aliphatic carbocycles. The van der Waals surface area contributed by atoms with E-state index in [0.717, 1.165) is 15.8 Å². The second-order valence-corrected chi connectivity index (χ2v) is 9.70. The molecule has 1 amide bonds. The van der Waals surface area contributed by atoms with E-state index < -0.39 is 9.05 Å². The topological polar surface area (TPSA) is 63.2 Å². The number of benzene rings is 1. The number of rotatable bonds is 4. The second kappa shape index (κ2) is 6.78. The molecule has 0 saturated carbocycles. The fraction of sp³-hybridized carbons (Fsp3) is 0.0833. The summed E-state index contributed by atoms with van der Waals surface area (Å²) in [5, 5.41) is 2.73. The zero-order valence-electron chi connectivity index (χ0n) is 10.3. The van der Waals surface area contributed by atoms with Crippen molar-refractivity contribution in [2.45, 2.75) is 10.8 Å². The fourth-order valence-corrected chi connectivity index (χ4v) is 4.37. The van der Waals surface area contributed by atoms with Crippen LogP contribution in [0.15, 0.2) is 43.5 Å². The summed E-state index contributed by atoms with van der Waals surface area (Å²) in [5.74, 6) is -0.258. The van der Waals surface area contributed by atoms with Crippen molar-refractivity contribution in [1.82, 2.24) is 5.32 Å². The molecule has 1 heterocycles. The Morgan fingerprint density at radius 3 is 2.57 bits per heavy atom. The van der Waals surface area contributed by atoms with Gasteiger partial charge in [-0.2, -0.15) is 0 Å². The molecule has 1 N–H and O–H groups in total. The van der Waals surface area contributed by atoms with Crippen molar-refractivity contribution in [3.63, 3.8) is 0 Å². The molecule has 9 heteroatoms. The van der Waals surface area contributed by atoms with E-state index in [1.54, 1.807) is 18.2 Å². The highest BCUT2D eigenvalue weighted by Gasteiger charge is 2.14. The van der Waals surface area contributed by atoms with Crippen molar-refractivity contribution in [2.75, 3.05) is 0 Å². The first-order valence-electron chi connectivity index (χ1n) is 5.54. The molecule has 0 spiro atoms. The van der Waals surface area contributed by atoms with E-state index in [4.69, 9.17) is 10.7 Å². The molecule has 21 heavy (non-hydrogen) atoms. The zero-order chi connectivity index (χ0) is 15.6. The minimum atomic E-state index is -3.72. The summed E-state index contributed by atoms with van der Waals surface area (Å²) in [6.45, 7) is 0.231. The van der Waals surface area contributed by atoms with Crippen molar-refractivity contribution in [3.8, 4) is 0 Å². The van der Waals surface area contributed by atoms with Crippen LogP contribution in [-0.2, 0) is 15.6 Å². The van der Waals surface area contributed by atoms with Crippen LogP contribution >= 0.6 is 53.9 Å². The van der Waals surface area contributed by atoms with E-state index in [1.807, 2.05) is 6.07 Å². The largest absolute Gasteiger partial charge is 0.347 e. The highest BCUT2D eigenvalue weighted by molar-refractivity contribution is 9.11. The number of carbonyl (C=O) groups is 1. The van der Waals surface area contributed by atoms with Crippen LogP contribution in [-0.4, -0.2) is 14.3 Å². The summed E-state index contributed by atoms with van der Waals surface area (Å²) in [7, 11) is 1.53. The van der Waals surface area contributed by atoms with Crippen molar-refractivity contribution in [2.24, 2.45) is 0 Å². The molecule has 2 rings (SSSR count). The van der Waals surface area contributed by atoms with Crippen LogP contribution in [0, 0.1) is 0 Å². The average molecular weight is 474 g/mol. The maximum absolute atomic E-state index is 12.1. The molecule has 112 valence electrons. The van der Waals surface area contributed by atoms with Crippen molar-refractivity contribution >= 4 is 68.8 Å². The SMILES string of the molecule is O=C(NCc1ccc(S(=O)(=O)Cl)s1)c1cc(Br)ccc1Br. The highest BCUT2D eigenvalue weighted by atomic mass is 79.9. The van der Waals surface area contributed by atoms with Gasteiger partial charge in [-0.3, -0.25) is 4.79 Å². The van der Waals surface area contributed by atoms with Crippen LogP contribution in [0.4, 0.5) is 0 Å². The third-order valence-electron chi connectivity index (χ3n) is 2.47. The van der Waals surface area contributed by atoms with Gasteiger partial charge in [-0.25, -0.2) is 8.42 Å². The highest BCUT2D eigenvalue weighted by Crippen LogP contribution is 2.25. The van der Waals surface area contributed by atoms with Crippen LogP contribution in [0.25, 0.3) is 0 Å². The quantitative estimate of drug-likeness (QED) is 0.680.